The lowest BCUT2D eigenvalue weighted by molar-refractivity contribution is 0.301. The molecule has 7 nitrogen and oxygen atoms in total. The number of tetrazole rings is 1. The molecule has 3 aromatic carbocycles. The Morgan fingerprint density at radius 2 is 1.67 bits per heavy atom. The molecule has 0 spiro atoms. The van der Waals surface area contributed by atoms with Crippen molar-refractivity contribution >= 4 is 10.9 Å². The molecule has 0 saturated heterocycles. The maximum absolute atomic E-state index is 5.94. The van der Waals surface area contributed by atoms with Crippen molar-refractivity contribution in [1.82, 2.24) is 25.6 Å². The van der Waals surface area contributed by atoms with Crippen LogP contribution in [-0.2, 0) is 19.4 Å². The number of hydrogen-bond acceptors (Lipinski definition) is 6. The molecule has 1 N–H and O–H groups in total. The SMILES string of the molecule is c1cc(Cc2ccc(OCc3ccc4ccccc4n3)cc2)cc(OCCc2nnn[nH]2)c1. The number of nitrogens with zero attached hydrogens (tertiary/aromatic N) is 4. The van der Waals surface area contributed by atoms with E-state index in [0.29, 0.717) is 25.5 Å². The van der Waals surface area contributed by atoms with Gasteiger partial charge in [0.25, 0.3) is 0 Å². The van der Waals surface area contributed by atoms with Gasteiger partial charge >= 0.3 is 0 Å². The number of fused-ring (bicyclic) bond motifs is 1. The fourth-order valence-corrected chi connectivity index (χ4v) is 3.58. The van der Waals surface area contributed by atoms with E-state index in [1.807, 2.05) is 48.5 Å². The van der Waals surface area contributed by atoms with E-state index in [2.05, 4.69) is 62.0 Å². The number of hydrogen-bond donors (Lipinski definition) is 1. The Kier molecular flexibility index (Phi) is 6.20. The van der Waals surface area contributed by atoms with Gasteiger partial charge in [0.05, 0.1) is 17.8 Å². The Morgan fingerprint density at radius 3 is 2.55 bits per heavy atom. The summed E-state index contributed by atoms with van der Waals surface area (Å²) < 4.78 is 11.8. The van der Waals surface area contributed by atoms with Crippen LogP contribution >= 0.6 is 0 Å². The molecule has 0 aliphatic carbocycles. The van der Waals surface area contributed by atoms with E-state index in [1.165, 1.54) is 11.1 Å². The normalized spacial score (nSPS) is 10.9. The van der Waals surface area contributed by atoms with Crippen molar-refractivity contribution in [2.75, 3.05) is 6.61 Å². The lowest BCUT2D eigenvalue weighted by Crippen LogP contribution is -2.03. The van der Waals surface area contributed by atoms with Crippen molar-refractivity contribution in [1.29, 1.82) is 0 Å². The molecule has 7 heteroatoms. The maximum Gasteiger partial charge on any atom is 0.151 e. The highest BCUT2D eigenvalue weighted by atomic mass is 16.5. The summed E-state index contributed by atoms with van der Waals surface area (Å²) in [4.78, 5) is 4.66. The first-order valence-electron chi connectivity index (χ1n) is 10.8. The van der Waals surface area contributed by atoms with Gasteiger partial charge in [-0.05, 0) is 64.4 Å². The van der Waals surface area contributed by atoms with Gasteiger partial charge in [0.15, 0.2) is 5.82 Å². The molecule has 0 unspecified atom stereocenters. The number of ether oxygens (including phenoxy) is 2. The van der Waals surface area contributed by atoms with Crippen LogP contribution in [0.5, 0.6) is 11.5 Å². The molecule has 0 fully saturated rings. The van der Waals surface area contributed by atoms with Gasteiger partial charge in [0.1, 0.15) is 18.1 Å². The Morgan fingerprint density at radius 1 is 0.758 bits per heavy atom. The van der Waals surface area contributed by atoms with Gasteiger partial charge in [0.2, 0.25) is 0 Å². The van der Waals surface area contributed by atoms with Crippen LogP contribution in [0.25, 0.3) is 10.9 Å². The Balaban J connectivity index is 1.15. The largest absolute Gasteiger partial charge is 0.493 e. The predicted molar refractivity (Wildman–Crippen MR) is 125 cm³/mol. The summed E-state index contributed by atoms with van der Waals surface area (Å²) in [5.74, 6) is 2.38. The molecule has 0 aliphatic rings. The van der Waals surface area contributed by atoms with E-state index in [0.717, 1.165) is 34.5 Å². The number of rotatable bonds is 9. The fourth-order valence-electron chi connectivity index (χ4n) is 3.58. The van der Waals surface area contributed by atoms with Gasteiger partial charge in [-0.2, -0.15) is 0 Å². The van der Waals surface area contributed by atoms with Crippen molar-refractivity contribution in [3.63, 3.8) is 0 Å². The topological polar surface area (TPSA) is 85.8 Å². The second-order valence-electron chi connectivity index (χ2n) is 7.70. The minimum absolute atomic E-state index is 0.438. The van der Waals surface area contributed by atoms with E-state index in [4.69, 9.17) is 9.47 Å². The zero-order valence-corrected chi connectivity index (χ0v) is 18.0. The highest BCUT2D eigenvalue weighted by Crippen LogP contribution is 2.20. The second kappa shape index (κ2) is 9.91. The van der Waals surface area contributed by atoms with Crippen molar-refractivity contribution in [2.45, 2.75) is 19.4 Å². The van der Waals surface area contributed by atoms with Crippen molar-refractivity contribution in [2.24, 2.45) is 0 Å². The lowest BCUT2D eigenvalue weighted by Gasteiger charge is -2.09. The van der Waals surface area contributed by atoms with Gasteiger partial charge in [-0.15, -0.1) is 5.10 Å². The van der Waals surface area contributed by atoms with Crippen molar-refractivity contribution in [3.8, 4) is 11.5 Å². The van der Waals surface area contributed by atoms with Crippen LogP contribution in [0.4, 0.5) is 0 Å². The summed E-state index contributed by atoms with van der Waals surface area (Å²) >= 11 is 0. The van der Waals surface area contributed by atoms with Crippen LogP contribution in [0.2, 0.25) is 0 Å². The van der Waals surface area contributed by atoms with E-state index in [1.54, 1.807) is 0 Å². The second-order valence-corrected chi connectivity index (χ2v) is 7.70. The molecule has 0 radical (unpaired) electrons. The molecule has 0 amide bonds. The third-order valence-corrected chi connectivity index (χ3v) is 5.27. The first kappa shape index (κ1) is 20.6. The Labute approximate surface area is 191 Å². The number of nitrogens with one attached hydrogen (secondary N) is 1. The molecule has 0 atom stereocenters. The molecule has 0 bridgehead atoms. The first-order chi connectivity index (χ1) is 16.3. The van der Waals surface area contributed by atoms with Gasteiger partial charge in [-0.3, -0.25) is 0 Å². The molecule has 0 aliphatic heterocycles. The zero-order chi connectivity index (χ0) is 22.3. The molecule has 2 heterocycles. The maximum atomic E-state index is 5.94. The van der Waals surface area contributed by atoms with Crippen LogP contribution < -0.4 is 9.47 Å². The van der Waals surface area contributed by atoms with Gasteiger partial charge in [0, 0.05) is 11.8 Å². The Hall–Kier alpha value is -4.26. The standard InChI is InChI=1S/C26H23N5O2/c1-2-7-25-21(5-1)10-11-22(27-25)18-33-23-12-8-19(9-13-23)16-20-4-3-6-24(17-20)32-15-14-26-28-30-31-29-26/h1-13,17H,14-16,18H2,(H,28,29,30,31). The molecule has 164 valence electrons. The van der Waals surface area contributed by atoms with Crippen molar-refractivity contribution in [3.05, 3.63) is 108 Å². The minimum atomic E-state index is 0.438. The number of para-hydroxylation sites is 1. The monoisotopic (exact) mass is 437 g/mol. The first-order valence-corrected chi connectivity index (χ1v) is 10.8. The highest BCUT2D eigenvalue weighted by Gasteiger charge is 2.03. The smallest absolute Gasteiger partial charge is 0.151 e. The number of aromatic amines is 1. The summed E-state index contributed by atoms with van der Waals surface area (Å²) in [6, 6.07) is 28.5. The fraction of sp³-hybridized carbons (Fsp3) is 0.154. The number of benzene rings is 3. The van der Waals surface area contributed by atoms with Gasteiger partial charge < -0.3 is 9.47 Å². The molecule has 2 aromatic heterocycles. The minimum Gasteiger partial charge on any atom is -0.493 e. The van der Waals surface area contributed by atoms with Crippen molar-refractivity contribution < 1.29 is 9.47 Å². The van der Waals surface area contributed by atoms with Crippen LogP contribution in [-0.4, -0.2) is 32.2 Å². The molecule has 33 heavy (non-hydrogen) atoms. The summed E-state index contributed by atoms with van der Waals surface area (Å²) in [5.41, 5.74) is 4.28. The average molecular weight is 438 g/mol. The van der Waals surface area contributed by atoms with E-state index < -0.39 is 0 Å². The highest BCUT2D eigenvalue weighted by molar-refractivity contribution is 5.78. The van der Waals surface area contributed by atoms with Crippen LogP contribution in [0, 0.1) is 0 Å². The third kappa shape index (κ3) is 5.51. The van der Waals surface area contributed by atoms with E-state index in [-0.39, 0.29) is 0 Å². The average Bonchev–Trinajstić information content (AvgIpc) is 3.37. The molecule has 0 saturated carbocycles. The number of H-pyrrole nitrogens is 1. The molecule has 5 aromatic rings. The summed E-state index contributed by atoms with van der Waals surface area (Å²) in [5, 5.41) is 14.9. The van der Waals surface area contributed by atoms with Crippen LogP contribution in [0.3, 0.4) is 0 Å². The predicted octanol–water partition coefficient (Wildman–Crippen LogP) is 4.54. The third-order valence-electron chi connectivity index (χ3n) is 5.27. The van der Waals surface area contributed by atoms with Gasteiger partial charge in [-0.1, -0.05) is 48.5 Å². The zero-order valence-electron chi connectivity index (χ0n) is 18.0. The quantitative estimate of drug-likeness (QED) is 0.364. The summed E-state index contributed by atoms with van der Waals surface area (Å²) in [7, 11) is 0. The molecule has 5 rings (SSSR count). The number of aromatic nitrogens is 5. The van der Waals surface area contributed by atoms with Gasteiger partial charge in [-0.25, -0.2) is 10.1 Å². The summed E-state index contributed by atoms with van der Waals surface area (Å²) in [6.07, 6.45) is 1.45. The van der Waals surface area contributed by atoms with Crippen LogP contribution in [0.15, 0.2) is 84.9 Å². The van der Waals surface area contributed by atoms with Crippen LogP contribution in [0.1, 0.15) is 22.6 Å². The molecular weight excluding hydrogens is 414 g/mol. The van der Waals surface area contributed by atoms with E-state index >= 15 is 0 Å². The Bertz CT molecular complexity index is 1320. The molecular formula is C26H23N5O2. The van der Waals surface area contributed by atoms with E-state index in [9.17, 15) is 0 Å². The lowest BCUT2D eigenvalue weighted by atomic mass is 10.0. The number of pyridine rings is 1. The summed E-state index contributed by atoms with van der Waals surface area (Å²) in [6.45, 7) is 0.951.